The van der Waals surface area contributed by atoms with Gasteiger partial charge in [-0.2, -0.15) is 0 Å². The molecule has 5 nitrogen and oxygen atoms in total. The Morgan fingerprint density at radius 3 is 2.48 bits per heavy atom. The summed E-state index contributed by atoms with van der Waals surface area (Å²) in [5.74, 6) is 0.106. The van der Waals surface area contributed by atoms with Gasteiger partial charge < -0.3 is 10.5 Å². The Balaban J connectivity index is 2.75. The van der Waals surface area contributed by atoms with Crippen molar-refractivity contribution in [2.45, 2.75) is 13.3 Å². The molecule has 2 rings (SSSR count). The zero-order valence-corrected chi connectivity index (χ0v) is 14.4. The van der Waals surface area contributed by atoms with Gasteiger partial charge in [0.2, 0.25) is 0 Å². The molecule has 0 fully saturated rings. The molecule has 112 valence electrons. The largest absolute Gasteiger partial charge is 0.464 e. The molecule has 0 saturated carbocycles. The Morgan fingerprint density at radius 1 is 1.43 bits per heavy atom. The fourth-order valence-corrected chi connectivity index (χ4v) is 3.34. The number of rotatable bonds is 3. The minimum Gasteiger partial charge on any atom is -0.464 e. The van der Waals surface area contributed by atoms with Crippen molar-refractivity contribution in [1.29, 1.82) is 0 Å². The molecule has 0 saturated heterocycles. The van der Waals surface area contributed by atoms with Crippen LogP contribution in [-0.2, 0) is 11.2 Å². The van der Waals surface area contributed by atoms with Crippen LogP contribution in [-0.4, -0.2) is 22.6 Å². The molecule has 0 atom stereocenters. The van der Waals surface area contributed by atoms with Crippen LogP contribution < -0.4 is 5.73 Å². The number of nitrogen functional groups attached to an aromatic ring is 1. The summed E-state index contributed by atoms with van der Waals surface area (Å²) in [5, 5.41) is 0.786. The van der Waals surface area contributed by atoms with Gasteiger partial charge in [0.25, 0.3) is 0 Å². The molecule has 21 heavy (non-hydrogen) atoms. The van der Waals surface area contributed by atoms with Crippen molar-refractivity contribution in [1.82, 2.24) is 9.55 Å². The predicted molar refractivity (Wildman–Crippen MR) is 86.4 cm³/mol. The van der Waals surface area contributed by atoms with E-state index in [1.807, 2.05) is 6.92 Å². The van der Waals surface area contributed by atoms with Crippen molar-refractivity contribution in [2.24, 2.45) is 0 Å². The summed E-state index contributed by atoms with van der Waals surface area (Å²) < 4.78 is 6.99. The van der Waals surface area contributed by atoms with Crippen molar-refractivity contribution >= 4 is 50.9 Å². The SMILES string of the molecule is CCc1nc(C(=O)OC)c(N)n1-c1c(Cl)cc(Br)cc1Cl. The van der Waals surface area contributed by atoms with E-state index in [0.29, 0.717) is 28.0 Å². The number of imidazole rings is 1. The van der Waals surface area contributed by atoms with Crippen LogP contribution in [0.25, 0.3) is 5.69 Å². The van der Waals surface area contributed by atoms with Gasteiger partial charge >= 0.3 is 5.97 Å². The van der Waals surface area contributed by atoms with E-state index in [-0.39, 0.29) is 11.5 Å². The minimum atomic E-state index is -0.606. The highest BCUT2D eigenvalue weighted by Gasteiger charge is 2.24. The van der Waals surface area contributed by atoms with E-state index in [2.05, 4.69) is 25.7 Å². The number of aryl methyl sites for hydroxylation is 1. The second kappa shape index (κ2) is 6.25. The maximum atomic E-state index is 11.7. The molecule has 0 aliphatic rings. The van der Waals surface area contributed by atoms with Crippen molar-refractivity contribution in [3.63, 3.8) is 0 Å². The van der Waals surface area contributed by atoms with Crippen LogP contribution in [0.5, 0.6) is 0 Å². The zero-order chi connectivity index (χ0) is 15.7. The summed E-state index contributed by atoms with van der Waals surface area (Å²) in [6.07, 6.45) is 0.546. The number of benzene rings is 1. The third-order valence-corrected chi connectivity index (χ3v) is 3.92. The summed E-state index contributed by atoms with van der Waals surface area (Å²) >= 11 is 15.8. The number of anilines is 1. The lowest BCUT2D eigenvalue weighted by molar-refractivity contribution is 0.0596. The molecule has 1 heterocycles. The van der Waals surface area contributed by atoms with Crippen molar-refractivity contribution < 1.29 is 9.53 Å². The number of esters is 1. The molecular formula is C13H12BrCl2N3O2. The number of nitrogens with two attached hydrogens (primary N) is 1. The van der Waals surface area contributed by atoms with E-state index in [1.54, 1.807) is 16.7 Å². The number of carbonyl (C=O) groups is 1. The monoisotopic (exact) mass is 391 g/mol. The van der Waals surface area contributed by atoms with Crippen LogP contribution in [0.3, 0.4) is 0 Å². The second-order valence-corrected chi connectivity index (χ2v) is 5.89. The van der Waals surface area contributed by atoms with Gasteiger partial charge in [0, 0.05) is 10.9 Å². The molecule has 0 aliphatic carbocycles. The molecule has 0 aliphatic heterocycles. The van der Waals surface area contributed by atoms with Crippen LogP contribution in [0, 0.1) is 0 Å². The van der Waals surface area contributed by atoms with Crippen molar-refractivity contribution in [2.75, 3.05) is 12.8 Å². The first-order valence-electron chi connectivity index (χ1n) is 6.01. The van der Waals surface area contributed by atoms with Gasteiger partial charge in [0.15, 0.2) is 5.69 Å². The number of aromatic nitrogens is 2. The number of ether oxygens (including phenoxy) is 1. The molecule has 1 aromatic carbocycles. The van der Waals surface area contributed by atoms with E-state index in [4.69, 9.17) is 28.9 Å². The maximum absolute atomic E-state index is 11.7. The highest BCUT2D eigenvalue weighted by atomic mass is 79.9. The Labute approximate surface area is 140 Å². The lowest BCUT2D eigenvalue weighted by atomic mass is 10.3. The third kappa shape index (κ3) is 2.88. The highest BCUT2D eigenvalue weighted by Crippen LogP contribution is 2.35. The van der Waals surface area contributed by atoms with E-state index in [1.165, 1.54) is 7.11 Å². The molecule has 2 N–H and O–H groups in total. The quantitative estimate of drug-likeness (QED) is 0.804. The number of carbonyl (C=O) groups excluding carboxylic acids is 1. The van der Waals surface area contributed by atoms with E-state index < -0.39 is 5.97 Å². The number of nitrogens with zero attached hydrogens (tertiary/aromatic N) is 2. The fourth-order valence-electron chi connectivity index (χ4n) is 1.96. The van der Waals surface area contributed by atoms with Gasteiger partial charge in [-0.05, 0) is 12.1 Å². The molecule has 0 radical (unpaired) electrons. The lowest BCUT2D eigenvalue weighted by Crippen LogP contribution is -2.08. The van der Waals surface area contributed by atoms with E-state index in [0.717, 1.165) is 4.47 Å². The highest BCUT2D eigenvalue weighted by molar-refractivity contribution is 9.10. The Bertz CT molecular complexity index is 693. The zero-order valence-electron chi connectivity index (χ0n) is 11.3. The van der Waals surface area contributed by atoms with Crippen molar-refractivity contribution in [3.8, 4) is 5.69 Å². The van der Waals surface area contributed by atoms with Crippen LogP contribution in [0.4, 0.5) is 5.82 Å². The smallest absolute Gasteiger partial charge is 0.360 e. The van der Waals surface area contributed by atoms with Gasteiger partial charge in [-0.1, -0.05) is 46.1 Å². The first-order valence-corrected chi connectivity index (χ1v) is 7.55. The summed E-state index contributed by atoms with van der Waals surface area (Å²) in [6, 6.07) is 3.39. The normalized spacial score (nSPS) is 10.7. The Kier molecular flexibility index (Phi) is 4.81. The lowest BCUT2D eigenvalue weighted by Gasteiger charge is -2.13. The second-order valence-electron chi connectivity index (χ2n) is 4.16. The van der Waals surface area contributed by atoms with Gasteiger partial charge in [-0.25, -0.2) is 9.78 Å². The molecular weight excluding hydrogens is 381 g/mol. The Morgan fingerprint density at radius 2 is 2.00 bits per heavy atom. The topological polar surface area (TPSA) is 70.1 Å². The molecule has 0 bridgehead atoms. The number of methoxy groups -OCH3 is 1. The summed E-state index contributed by atoms with van der Waals surface area (Å²) in [6.45, 7) is 1.89. The van der Waals surface area contributed by atoms with Gasteiger partial charge in [-0.3, -0.25) is 4.57 Å². The first-order chi connectivity index (χ1) is 9.90. The Hall–Kier alpha value is -1.24. The van der Waals surface area contributed by atoms with Gasteiger partial charge in [0.05, 0.1) is 22.8 Å². The molecule has 8 heteroatoms. The summed E-state index contributed by atoms with van der Waals surface area (Å²) in [5.41, 5.74) is 6.57. The predicted octanol–water partition coefficient (Wildman–Crippen LogP) is 3.87. The summed E-state index contributed by atoms with van der Waals surface area (Å²) in [4.78, 5) is 15.9. The maximum Gasteiger partial charge on any atom is 0.360 e. The van der Waals surface area contributed by atoms with Gasteiger partial charge in [0.1, 0.15) is 11.6 Å². The first kappa shape index (κ1) is 16.1. The molecule has 0 unspecified atom stereocenters. The van der Waals surface area contributed by atoms with Crippen LogP contribution in [0.15, 0.2) is 16.6 Å². The van der Waals surface area contributed by atoms with Crippen LogP contribution in [0.2, 0.25) is 10.0 Å². The third-order valence-electron chi connectivity index (χ3n) is 2.88. The van der Waals surface area contributed by atoms with Crippen LogP contribution in [0.1, 0.15) is 23.2 Å². The minimum absolute atomic E-state index is 0.0457. The molecule has 2 aromatic rings. The van der Waals surface area contributed by atoms with Gasteiger partial charge in [-0.15, -0.1) is 0 Å². The fraction of sp³-hybridized carbons (Fsp3) is 0.231. The number of hydrogen-bond donors (Lipinski definition) is 1. The van der Waals surface area contributed by atoms with Crippen molar-refractivity contribution in [3.05, 3.63) is 38.2 Å². The summed E-state index contributed by atoms with van der Waals surface area (Å²) in [7, 11) is 1.27. The number of halogens is 3. The van der Waals surface area contributed by atoms with Crippen LogP contribution >= 0.6 is 39.1 Å². The van der Waals surface area contributed by atoms with E-state index in [9.17, 15) is 4.79 Å². The average Bonchev–Trinajstić information content (AvgIpc) is 2.74. The molecule has 1 aromatic heterocycles. The average molecular weight is 393 g/mol. The molecule has 0 amide bonds. The molecule has 0 spiro atoms. The van der Waals surface area contributed by atoms with E-state index >= 15 is 0 Å². The standard InChI is InChI=1S/C13H12BrCl2N3O2/c1-3-9-18-10(13(20)21-2)12(17)19(9)11-7(15)4-6(14)5-8(11)16/h4-5H,3,17H2,1-2H3. The number of hydrogen-bond acceptors (Lipinski definition) is 4.